The Bertz CT molecular complexity index is 553. The Morgan fingerprint density at radius 1 is 0.783 bits per heavy atom. The van der Waals surface area contributed by atoms with Gasteiger partial charge in [0, 0.05) is 5.92 Å². The summed E-state index contributed by atoms with van der Waals surface area (Å²) in [7, 11) is 3.42. The highest BCUT2D eigenvalue weighted by molar-refractivity contribution is 5.39. The fraction of sp³-hybridized carbons (Fsp3) is 0.400. The average molecular weight is 311 g/mol. The summed E-state index contributed by atoms with van der Waals surface area (Å²) in [6.07, 6.45) is 2.42. The van der Waals surface area contributed by atoms with E-state index in [2.05, 4.69) is 53.8 Å². The second-order valence-electron chi connectivity index (χ2n) is 6.11. The van der Waals surface area contributed by atoms with Crippen LogP contribution in [0.4, 0.5) is 0 Å². The Balaban J connectivity index is 1.93. The highest BCUT2D eigenvalue weighted by Crippen LogP contribution is 2.37. The lowest BCUT2D eigenvalue weighted by molar-refractivity contribution is 0.341. The van der Waals surface area contributed by atoms with Crippen LogP contribution in [0, 0.1) is 5.92 Å². The monoisotopic (exact) mass is 311 g/mol. The predicted octanol–water partition coefficient (Wildman–Crippen LogP) is 3.84. The fourth-order valence-electron chi connectivity index (χ4n) is 3.54. The van der Waals surface area contributed by atoms with E-state index in [1.54, 1.807) is 14.2 Å². The van der Waals surface area contributed by atoms with Crippen LogP contribution in [0.1, 0.15) is 29.9 Å². The second-order valence-corrected chi connectivity index (χ2v) is 6.11. The van der Waals surface area contributed by atoms with Gasteiger partial charge >= 0.3 is 0 Å². The molecule has 1 heterocycles. The molecule has 1 fully saturated rings. The second kappa shape index (κ2) is 7.51. The van der Waals surface area contributed by atoms with Crippen molar-refractivity contribution in [2.24, 2.45) is 5.92 Å². The van der Waals surface area contributed by atoms with E-state index in [4.69, 9.17) is 9.47 Å². The van der Waals surface area contributed by atoms with Crippen molar-refractivity contribution in [1.82, 2.24) is 5.32 Å². The van der Waals surface area contributed by atoms with Crippen LogP contribution >= 0.6 is 0 Å². The molecule has 2 aromatic carbocycles. The maximum absolute atomic E-state index is 5.30. The van der Waals surface area contributed by atoms with Crippen molar-refractivity contribution in [1.29, 1.82) is 0 Å². The van der Waals surface area contributed by atoms with Crippen LogP contribution in [0.3, 0.4) is 0 Å². The number of ether oxygens (including phenoxy) is 2. The Kier molecular flexibility index (Phi) is 5.19. The molecule has 0 amide bonds. The predicted molar refractivity (Wildman–Crippen MR) is 93.4 cm³/mol. The first-order valence-corrected chi connectivity index (χ1v) is 8.30. The van der Waals surface area contributed by atoms with Gasteiger partial charge in [-0.3, -0.25) is 0 Å². The van der Waals surface area contributed by atoms with Crippen LogP contribution in [-0.4, -0.2) is 27.3 Å². The zero-order valence-corrected chi connectivity index (χ0v) is 13.9. The molecule has 1 saturated heterocycles. The summed E-state index contributed by atoms with van der Waals surface area (Å²) < 4.78 is 10.6. The molecule has 0 bridgehead atoms. The summed E-state index contributed by atoms with van der Waals surface area (Å²) >= 11 is 0. The molecule has 0 radical (unpaired) electrons. The molecule has 1 N–H and O–H groups in total. The largest absolute Gasteiger partial charge is 0.497 e. The van der Waals surface area contributed by atoms with Gasteiger partial charge in [0.25, 0.3) is 0 Å². The van der Waals surface area contributed by atoms with Crippen molar-refractivity contribution < 1.29 is 9.47 Å². The van der Waals surface area contributed by atoms with E-state index < -0.39 is 0 Å². The van der Waals surface area contributed by atoms with Crippen molar-refractivity contribution >= 4 is 0 Å². The first-order valence-electron chi connectivity index (χ1n) is 8.30. The highest BCUT2D eigenvalue weighted by Gasteiger charge is 2.26. The van der Waals surface area contributed by atoms with Crippen LogP contribution < -0.4 is 14.8 Å². The van der Waals surface area contributed by atoms with Gasteiger partial charge in [-0.25, -0.2) is 0 Å². The number of benzene rings is 2. The lowest BCUT2D eigenvalue weighted by Gasteiger charge is -2.31. The molecule has 2 aromatic rings. The lowest BCUT2D eigenvalue weighted by Crippen LogP contribution is -2.31. The molecule has 23 heavy (non-hydrogen) atoms. The first-order chi connectivity index (χ1) is 11.3. The van der Waals surface area contributed by atoms with Crippen molar-refractivity contribution in [2.45, 2.75) is 18.8 Å². The van der Waals surface area contributed by atoms with E-state index in [1.807, 2.05) is 0 Å². The number of rotatable bonds is 5. The standard InChI is InChI=1S/C20H25NO2/c1-22-18-7-3-15(4-8-18)20(17-11-13-21-14-12-17)16-5-9-19(23-2)10-6-16/h3-10,17,20-21H,11-14H2,1-2H3. The van der Waals surface area contributed by atoms with Gasteiger partial charge in [0.05, 0.1) is 14.2 Å². The zero-order chi connectivity index (χ0) is 16.1. The Morgan fingerprint density at radius 2 is 1.22 bits per heavy atom. The maximum Gasteiger partial charge on any atom is 0.118 e. The molecule has 0 unspecified atom stereocenters. The number of nitrogens with one attached hydrogen (secondary N) is 1. The molecular formula is C20H25NO2. The summed E-state index contributed by atoms with van der Waals surface area (Å²) in [6, 6.07) is 17.1. The smallest absolute Gasteiger partial charge is 0.118 e. The van der Waals surface area contributed by atoms with Gasteiger partial charge in [0.1, 0.15) is 11.5 Å². The number of hydrogen-bond donors (Lipinski definition) is 1. The van der Waals surface area contributed by atoms with Gasteiger partial charge in [-0.05, 0) is 67.2 Å². The van der Waals surface area contributed by atoms with Gasteiger partial charge in [0.15, 0.2) is 0 Å². The Labute approximate surface area is 138 Å². The van der Waals surface area contributed by atoms with Crippen molar-refractivity contribution in [3.63, 3.8) is 0 Å². The van der Waals surface area contributed by atoms with Crippen LogP contribution in [0.15, 0.2) is 48.5 Å². The third-order valence-electron chi connectivity index (χ3n) is 4.81. The molecule has 122 valence electrons. The van der Waals surface area contributed by atoms with Crippen molar-refractivity contribution in [3.05, 3.63) is 59.7 Å². The summed E-state index contributed by atoms with van der Waals surface area (Å²) in [5, 5.41) is 3.47. The van der Waals surface area contributed by atoms with Crippen molar-refractivity contribution in [3.8, 4) is 11.5 Å². The fourth-order valence-corrected chi connectivity index (χ4v) is 3.54. The molecule has 0 atom stereocenters. The van der Waals surface area contributed by atoms with E-state index in [0.717, 1.165) is 24.6 Å². The molecule has 3 rings (SSSR count). The molecule has 0 spiro atoms. The van der Waals surface area contributed by atoms with Crippen LogP contribution in [0.5, 0.6) is 11.5 Å². The molecular weight excluding hydrogens is 286 g/mol. The van der Waals surface area contributed by atoms with E-state index >= 15 is 0 Å². The zero-order valence-electron chi connectivity index (χ0n) is 13.9. The summed E-state index contributed by atoms with van der Waals surface area (Å²) in [4.78, 5) is 0. The lowest BCUT2D eigenvalue weighted by atomic mass is 9.76. The number of hydrogen-bond acceptors (Lipinski definition) is 3. The molecule has 0 saturated carbocycles. The van der Waals surface area contributed by atoms with Gasteiger partial charge in [-0.15, -0.1) is 0 Å². The molecule has 3 heteroatoms. The number of methoxy groups -OCH3 is 2. The summed E-state index contributed by atoms with van der Waals surface area (Å²) in [6.45, 7) is 2.21. The molecule has 3 nitrogen and oxygen atoms in total. The van der Waals surface area contributed by atoms with Crippen molar-refractivity contribution in [2.75, 3.05) is 27.3 Å². The normalized spacial score (nSPS) is 15.6. The van der Waals surface area contributed by atoms with Gasteiger partial charge in [0.2, 0.25) is 0 Å². The molecule has 1 aliphatic heterocycles. The highest BCUT2D eigenvalue weighted by atomic mass is 16.5. The van der Waals surface area contributed by atoms with E-state index in [0.29, 0.717) is 11.8 Å². The van der Waals surface area contributed by atoms with Crippen LogP contribution in [-0.2, 0) is 0 Å². The number of piperidine rings is 1. The molecule has 0 aliphatic carbocycles. The minimum atomic E-state index is 0.425. The molecule has 1 aliphatic rings. The minimum Gasteiger partial charge on any atom is -0.497 e. The van der Waals surface area contributed by atoms with E-state index in [9.17, 15) is 0 Å². The van der Waals surface area contributed by atoms with E-state index in [-0.39, 0.29) is 0 Å². The van der Waals surface area contributed by atoms with Crippen LogP contribution in [0.25, 0.3) is 0 Å². The first kappa shape index (κ1) is 15.9. The van der Waals surface area contributed by atoms with E-state index in [1.165, 1.54) is 24.0 Å². The van der Waals surface area contributed by atoms with Gasteiger partial charge < -0.3 is 14.8 Å². The average Bonchev–Trinajstić information content (AvgIpc) is 2.64. The minimum absolute atomic E-state index is 0.425. The van der Waals surface area contributed by atoms with Gasteiger partial charge in [-0.1, -0.05) is 24.3 Å². The summed E-state index contributed by atoms with van der Waals surface area (Å²) in [5.74, 6) is 2.91. The maximum atomic E-state index is 5.30. The topological polar surface area (TPSA) is 30.5 Å². The SMILES string of the molecule is COc1ccc(C(c2ccc(OC)cc2)C2CCNCC2)cc1. The van der Waals surface area contributed by atoms with Crippen LogP contribution in [0.2, 0.25) is 0 Å². The quantitative estimate of drug-likeness (QED) is 0.910. The van der Waals surface area contributed by atoms with Gasteiger partial charge in [-0.2, -0.15) is 0 Å². The Hall–Kier alpha value is -2.00. The third kappa shape index (κ3) is 3.67. The summed E-state index contributed by atoms with van der Waals surface area (Å²) in [5.41, 5.74) is 2.73. The Morgan fingerprint density at radius 3 is 1.61 bits per heavy atom. The molecule has 0 aromatic heterocycles. The third-order valence-corrected chi connectivity index (χ3v) is 4.81.